The summed E-state index contributed by atoms with van der Waals surface area (Å²) >= 11 is 0. The molecule has 1 aromatic carbocycles. The Morgan fingerprint density at radius 3 is 2.00 bits per heavy atom. The summed E-state index contributed by atoms with van der Waals surface area (Å²) < 4.78 is 0. The minimum atomic E-state index is -0.198. The Morgan fingerprint density at radius 2 is 1.68 bits per heavy atom. The van der Waals surface area contributed by atoms with Gasteiger partial charge in [-0.1, -0.05) is 32.0 Å². The van der Waals surface area contributed by atoms with E-state index in [4.69, 9.17) is 0 Å². The van der Waals surface area contributed by atoms with Crippen LogP contribution >= 0.6 is 0 Å². The molecule has 2 amide bonds. The van der Waals surface area contributed by atoms with E-state index >= 15 is 0 Å². The van der Waals surface area contributed by atoms with Gasteiger partial charge in [0.1, 0.15) is 0 Å². The molecule has 1 aromatic rings. The van der Waals surface area contributed by atoms with Gasteiger partial charge in [0, 0.05) is 45.4 Å². The minimum absolute atomic E-state index is 0. The van der Waals surface area contributed by atoms with Crippen LogP contribution in [0.5, 0.6) is 0 Å². The van der Waals surface area contributed by atoms with Gasteiger partial charge in [0.15, 0.2) is 0 Å². The maximum atomic E-state index is 10.8. The van der Waals surface area contributed by atoms with E-state index in [1.165, 1.54) is 19.5 Å². The van der Waals surface area contributed by atoms with E-state index in [-0.39, 0.29) is 38.7 Å². The third kappa shape index (κ3) is 11.1. The van der Waals surface area contributed by atoms with Crippen molar-refractivity contribution in [2.24, 2.45) is 0 Å². The SMILES string of the molecule is CC.CNC(=O)Nc1ccccc1.[CH2-]N1CCC1.[Y]. The van der Waals surface area contributed by atoms with Crippen LogP contribution in [0, 0.1) is 7.05 Å². The molecule has 5 heteroatoms. The van der Waals surface area contributed by atoms with Crippen molar-refractivity contribution >= 4 is 11.7 Å². The van der Waals surface area contributed by atoms with Crippen molar-refractivity contribution in [2.75, 3.05) is 25.5 Å². The number of nitrogens with one attached hydrogen (secondary N) is 2. The van der Waals surface area contributed by atoms with Crippen LogP contribution < -0.4 is 10.6 Å². The number of amides is 2. The quantitative estimate of drug-likeness (QED) is 0.773. The first-order chi connectivity index (χ1) is 8.72. The summed E-state index contributed by atoms with van der Waals surface area (Å²) in [5, 5.41) is 5.10. The van der Waals surface area contributed by atoms with E-state index in [1.54, 1.807) is 7.05 Å². The predicted molar refractivity (Wildman–Crippen MR) is 77.4 cm³/mol. The van der Waals surface area contributed by atoms with Gasteiger partial charge in [-0.15, -0.1) is 0 Å². The standard InChI is InChI=1S/C8H10N2O.C4H8N.C2H6.Y/c1-9-8(11)10-7-5-3-2-4-6-7;1-5-3-2-4-5;1-2;/h2-6H,1H3,(H2,9,10,11);1-4H2;1-2H3;/q;-1;;. The van der Waals surface area contributed by atoms with Crippen molar-refractivity contribution in [2.45, 2.75) is 20.3 Å². The first-order valence-electron chi connectivity index (χ1n) is 6.31. The van der Waals surface area contributed by atoms with Gasteiger partial charge in [-0.05, 0) is 31.6 Å². The number of likely N-dealkylation sites (tertiary alicyclic amines) is 1. The maximum Gasteiger partial charge on any atom is 0.318 e. The molecule has 1 saturated heterocycles. The maximum absolute atomic E-state index is 10.8. The van der Waals surface area contributed by atoms with Gasteiger partial charge in [-0.3, -0.25) is 7.05 Å². The molecule has 19 heavy (non-hydrogen) atoms. The van der Waals surface area contributed by atoms with Crippen molar-refractivity contribution < 1.29 is 37.5 Å². The average molecular weight is 339 g/mol. The van der Waals surface area contributed by atoms with E-state index in [1.807, 2.05) is 44.2 Å². The van der Waals surface area contributed by atoms with Gasteiger partial charge < -0.3 is 15.5 Å². The molecule has 1 radical (unpaired) electrons. The van der Waals surface area contributed by atoms with Crippen LogP contribution in [0.4, 0.5) is 10.5 Å². The second kappa shape index (κ2) is 14.0. The zero-order valence-corrected chi connectivity index (χ0v) is 15.0. The van der Waals surface area contributed by atoms with Crippen LogP contribution in [0.3, 0.4) is 0 Å². The second-order valence-corrected chi connectivity index (χ2v) is 3.54. The van der Waals surface area contributed by atoms with Crippen LogP contribution in [0.15, 0.2) is 30.3 Å². The molecule has 0 saturated carbocycles. The van der Waals surface area contributed by atoms with Crippen LogP contribution in [-0.4, -0.2) is 31.1 Å². The number of anilines is 1. The first-order valence-corrected chi connectivity index (χ1v) is 6.31. The fourth-order valence-electron chi connectivity index (χ4n) is 1.10. The number of carbonyl (C=O) groups excluding carboxylic acids is 1. The van der Waals surface area contributed by atoms with Crippen molar-refractivity contribution in [3.63, 3.8) is 0 Å². The molecule has 1 aliphatic rings. The van der Waals surface area contributed by atoms with Gasteiger partial charge in [-0.2, -0.15) is 0 Å². The molecule has 1 heterocycles. The smallest absolute Gasteiger partial charge is 0.318 e. The summed E-state index contributed by atoms with van der Waals surface area (Å²) in [4.78, 5) is 12.8. The van der Waals surface area contributed by atoms with Crippen LogP contribution in [0.2, 0.25) is 0 Å². The Labute approximate surface area is 142 Å². The summed E-state index contributed by atoms with van der Waals surface area (Å²) in [6, 6.07) is 9.09. The Hall–Kier alpha value is -0.446. The number of benzene rings is 1. The van der Waals surface area contributed by atoms with Gasteiger partial charge >= 0.3 is 6.03 Å². The summed E-state index contributed by atoms with van der Waals surface area (Å²) in [5.41, 5.74) is 0.798. The first kappa shape index (κ1) is 20.9. The van der Waals surface area contributed by atoms with Gasteiger partial charge in [0.25, 0.3) is 0 Å². The number of hydrogen-bond acceptors (Lipinski definition) is 2. The zero-order chi connectivity index (χ0) is 13.8. The van der Waals surface area contributed by atoms with Crippen molar-refractivity contribution in [1.82, 2.24) is 10.2 Å². The number of urea groups is 1. The van der Waals surface area contributed by atoms with Crippen LogP contribution in [-0.2, 0) is 32.7 Å². The number of nitrogens with zero attached hydrogens (tertiary/aromatic N) is 1. The van der Waals surface area contributed by atoms with E-state index in [9.17, 15) is 4.79 Å². The number of para-hydroxylation sites is 1. The molecule has 0 spiro atoms. The normalized spacial score (nSPS) is 12.2. The second-order valence-electron chi connectivity index (χ2n) is 3.54. The fourth-order valence-corrected chi connectivity index (χ4v) is 1.10. The summed E-state index contributed by atoms with van der Waals surface area (Å²) in [6.45, 7) is 6.42. The van der Waals surface area contributed by atoms with E-state index in [2.05, 4.69) is 22.6 Å². The molecule has 1 fully saturated rings. The van der Waals surface area contributed by atoms with E-state index < -0.39 is 0 Å². The van der Waals surface area contributed by atoms with Gasteiger partial charge in [-0.25, -0.2) is 4.79 Å². The Bertz CT molecular complexity index is 316. The third-order valence-electron chi connectivity index (χ3n) is 2.21. The summed E-state index contributed by atoms with van der Waals surface area (Å²) in [6.07, 6.45) is 1.35. The van der Waals surface area contributed by atoms with Gasteiger partial charge in [0.2, 0.25) is 0 Å². The Morgan fingerprint density at radius 1 is 1.21 bits per heavy atom. The molecule has 105 valence electrons. The zero-order valence-electron chi connectivity index (χ0n) is 12.1. The molecule has 0 bridgehead atoms. The monoisotopic (exact) mass is 339 g/mol. The minimum Gasteiger partial charge on any atom is -0.459 e. The number of rotatable bonds is 1. The van der Waals surface area contributed by atoms with E-state index in [0.717, 1.165) is 5.69 Å². The average Bonchev–Trinajstić information content (AvgIpc) is 2.40. The predicted octanol–water partition coefficient (Wildman–Crippen LogP) is 2.95. The Balaban J connectivity index is 0. The summed E-state index contributed by atoms with van der Waals surface area (Å²) in [7, 11) is 5.26. The molecular formula is C14H24N3OY-. The van der Waals surface area contributed by atoms with Crippen molar-refractivity contribution in [1.29, 1.82) is 0 Å². The molecule has 0 aliphatic carbocycles. The molecule has 2 N–H and O–H groups in total. The Kier molecular flexibility index (Phi) is 15.3. The number of hydrogen-bond donors (Lipinski definition) is 2. The molecular weight excluding hydrogens is 315 g/mol. The fraction of sp³-hybridized carbons (Fsp3) is 0.429. The molecule has 0 unspecified atom stereocenters. The van der Waals surface area contributed by atoms with Crippen LogP contribution in [0.25, 0.3) is 0 Å². The molecule has 2 rings (SSSR count). The number of carbonyl (C=O) groups is 1. The molecule has 4 nitrogen and oxygen atoms in total. The van der Waals surface area contributed by atoms with Gasteiger partial charge in [0.05, 0.1) is 0 Å². The largest absolute Gasteiger partial charge is 0.459 e. The molecule has 1 aliphatic heterocycles. The molecule has 0 aromatic heterocycles. The topological polar surface area (TPSA) is 44.4 Å². The molecule has 0 atom stereocenters. The van der Waals surface area contributed by atoms with E-state index in [0.29, 0.717) is 0 Å². The third-order valence-corrected chi connectivity index (χ3v) is 2.21. The van der Waals surface area contributed by atoms with Crippen molar-refractivity contribution in [3.05, 3.63) is 37.4 Å². The van der Waals surface area contributed by atoms with Crippen LogP contribution in [0.1, 0.15) is 20.3 Å². The summed E-state index contributed by atoms with van der Waals surface area (Å²) in [5.74, 6) is 0. The van der Waals surface area contributed by atoms with Crippen molar-refractivity contribution in [3.8, 4) is 0 Å².